The molecule has 0 amide bonds. The molecule has 0 aromatic heterocycles. The van der Waals surface area contributed by atoms with Crippen LogP contribution in [0.3, 0.4) is 0 Å². The Hall–Kier alpha value is -2.14. The highest BCUT2D eigenvalue weighted by Gasteiger charge is 2.13. The van der Waals surface area contributed by atoms with Crippen molar-refractivity contribution >= 4 is 11.9 Å². The summed E-state index contributed by atoms with van der Waals surface area (Å²) in [7, 11) is 2.73. The van der Waals surface area contributed by atoms with Gasteiger partial charge < -0.3 is 14.2 Å². The topological polar surface area (TPSA) is 61.8 Å². The maximum absolute atomic E-state index is 11.5. The number of rotatable bonds is 10. The maximum atomic E-state index is 11.5. The zero-order valence-corrected chi connectivity index (χ0v) is 13.7. The lowest BCUT2D eigenvalue weighted by Gasteiger charge is -2.14. The van der Waals surface area contributed by atoms with Crippen molar-refractivity contribution in [2.24, 2.45) is 5.92 Å². The summed E-state index contributed by atoms with van der Waals surface area (Å²) in [5, 5.41) is 0. The van der Waals surface area contributed by atoms with E-state index >= 15 is 0 Å². The molecule has 5 nitrogen and oxygen atoms in total. The molecule has 0 aliphatic heterocycles. The second-order valence-electron chi connectivity index (χ2n) is 5.13. The van der Waals surface area contributed by atoms with Crippen LogP contribution in [0.5, 0.6) is 0 Å². The van der Waals surface area contributed by atoms with E-state index in [-0.39, 0.29) is 30.7 Å². The van der Waals surface area contributed by atoms with E-state index in [1.807, 2.05) is 36.4 Å². The van der Waals surface area contributed by atoms with Gasteiger partial charge in [-0.05, 0) is 17.9 Å². The average molecular weight is 320 g/mol. The van der Waals surface area contributed by atoms with Crippen LogP contribution in [-0.2, 0) is 30.4 Å². The van der Waals surface area contributed by atoms with Crippen LogP contribution in [0, 0.1) is 5.92 Å². The van der Waals surface area contributed by atoms with Gasteiger partial charge in [-0.3, -0.25) is 9.59 Å². The highest BCUT2D eigenvalue weighted by molar-refractivity contribution is 5.71. The molecule has 0 aliphatic rings. The number of methoxy groups -OCH3 is 2. The van der Waals surface area contributed by atoms with Crippen LogP contribution in [-0.4, -0.2) is 32.8 Å². The monoisotopic (exact) mass is 320 g/mol. The number of benzene rings is 1. The lowest BCUT2D eigenvalue weighted by atomic mass is 10.0. The SMILES string of the molecule is COC(=O)C/C=C/CC(COCc1ccccc1)CC(=O)OC. The second-order valence-corrected chi connectivity index (χ2v) is 5.13. The molecule has 5 heteroatoms. The molecule has 0 fully saturated rings. The van der Waals surface area contributed by atoms with Crippen LogP contribution in [0.25, 0.3) is 0 Å². The van der Waals surface area contributed by atoms with Crippen LogP contribution in [0.1, 0.15) is 24.8 Å². The predicted molar refractivity (Wildman–Crippen MR) is 86.6 cm³/mol. The third-order valence-electron chi connectivity index (χ3n) is 3.30. The van der Waals surface area contributed by atoms with Gasteiger partial charge in [-0.1, -0.05) is 42.5 Å². The summed E-state index contributed by atoms with van der Waals surface area (Å²) in [5.41, 5.74) is 1.09. The number of hydrogen-bond acceptors (Lipinski definition) is 5. The fraction of sp³-hybridized carbons (Fsp3) is 0.444. The van der Waals surface area contributed by atoms with Crippen molar-refractivity contribution < 1.29 is 23.8 Å². The molecule has 0 N–H and O–H groups in total. The highest BCUT2D eigenvalue weighted by Crippen LogP contribution is 2.13. The first-order valence-corrected chi connectivity index (χ1v) is 7.56. The Morgan fingerprint density at radius 1 is 1.04 bits per heavy atom. The zero-order chi connectivity index (χ0) is 16.9. The van der Waals surface area contributed by atoms with E-state index < -0.39 is 0 Å². The summed E-state index contributed by atoms with van der Waals surface area (Å²) in [4.78, 5) is 22.5. The van der Waals surface area contributed by atoms with Gasteiger partial charge in [0, 0.05) is 0 Å². The van der Waals surface area contributed by atoms with Gasteiger partial charge in [0.05, 0.1) is 40.3 Å². The summed E-state index contributed by atoms with van der Waals surface area (Å²) >= 11 is 0. The Bertz CT molecular complexity index is 495. The van der Waals surface area contributed by atoms with Crippen molar-refractivity contribution in [3.05, 3.63) is 48.0 Å². The van der Waals surface area contributed by atoms with Crippen molar-refractivity contribution in [3.8, 4) is 0 Å². The first-order valence-electron chi connectivity index (χ1n) is 7.56. The third-order valence-corrected chi connectivity index (χ3v) is 3.30. The highest BCUT2D eigenvalue weighted by atomic mass is 16.5. The van der Waals surface area contributed by atoms with E-state index in [1.54, 1.807) is 6.08 Å². The normalized spacial score (nSPS) is 12.1. The smallest absolute Gasteiger partial charge is 0.309 e. The lowest BCUT2D eigenvalue weighted by molar-refractivity contribution is -0.142. The fourth-order valence-corrected chi connectivity index (χ4v) is 2.00. The summed E-state index contributed by atoms with van der Waals surface area (Å²) < 4.78 is 15.0. The molecule has 0 spiro atoms. The van der Waals surface area contributed by atoms with E-state index in [4.69, 9.17) is 9.47 Å². The van der Waals surface area contributed by atoms with Crippen LogP contribution in [0.4, 0.5) is 0 Å². The minimum Gasteiger partial charge on any atom is -0.469 e. The molecule has 1 aromatic rings. The first-order chi connectivity index (χ1) is 11.2. The van der Waals surface area contributed by atoms with Gasteiger partial charge in [0.15, 0.2) is 0 Å². The van der Waals surface area contributed by atoms with E-state index in [0.717, 1.165) is 5.56 Å². The quantitative estimate of drug-likeness (QED) is 0.490. The molecule has 0 radical (unpaired) electrons. The molecule has 0 heterocycles. The summed E-state index contributed by atoms with van der Waals surface area (Å²) in [6.07, 6.45) is 4.77. The number of allylic oxidation sites excluding steroid dienone is 1. The maximum Gasteiger partial charge on any atom is 0.309 e. The van der Waals surface area contributed by atoms with Gasteiger partial charge in [-0.25, -0.2) is 0 Å². The van der Waals surface area contributed by atoms with Gasteiger partial charge in [0.1, 0.15) is 0 Å². The number of hydrogen-bond donors (Lipinski definition) is 0. The molecule has 0 bridgehead atoms. The van der Waals surface area contributed by atoms with Crippen molar-refractivity contribution in [3.63, 3.8) is 0 Å². The van der Waals surface area contributed by atoms with Gasteiger partial charge in [0.25, 0.3) is 0 Å². The molecule has 0 aliphatic carbocycles. The number of ether oxygens (including phenoxy) is 3. The molecule has 23 heavy (non-hydrogen) atoms. The molecule has 0 saturated heterocycles. The molecular formula is C18H24O5. The van der Waals surface area contributed by atoms with Crippen LogP contribution < -0.4 is 0 Å². The standard InChI is InChI=1S/C18H24O5/c1-21-17(19)11-7-6-10-16(12-18(20)22-2)14-23-13-15-8-4-3-5-9-15/h3-9,16H,10-14H2,1-2H3/b7-6+. The zero-order valence-electron chi connectivity index (χ0n) is 13.7. The van der Waals surface area contributed by atoms with Gasteiger partial charge in [0.2, 0.25) is 0 Å². The molecule has 1 atom stereocenters. The van der Waals surface area contributed by atoms with Crippen molar-refractivity contribution in [2.75, 3.05) is 20.8 Å². The molecule has 126 valence electrons. The summed E-state index contributed by atoms with van der Waals surface area (Å²) in [6, 6.07) is 9.85. The van der Waals surface area contributed by atoms with E-state index in [2.05, 4.69) is 4.74 Å². The van der Waals surface area contributed by atoms with Gasteiger partial charge in [-0.2, -0.15) is 0 Å². The number of carbonyl (C=O) groups is 2. The largest absolute Gasteiger partial charge is 0.469 e. The molecule has 0 saturated carbocycles. The minimum atomic E-state index is -0.286. The molecule has 1 aromatic carbocycles. The van der Waals surface area contributed by atoms with E-state index in [9.17, 15) is 9.59 Å². The predicted octanol–water partition coefficient (Wildman–Crippen LogP) is 2.89. The summed E-state index contributed by atoms with van der Waals surface area (Å²) in [6.45, 7) is 0.955. The Morgan fingerprint density at radius 3 is 2.39 bits per heavy atom. The molecule has 1 unspecified atom stereocenters. The molecule has 1 rings (SSSR count). The second kappa shape index (κ2) is 11.4. The van der Waals surface area contributed by atoms with Gasteiger partial charge >= 0.3 is 11.9 Å². The third kappa shape index (κ3) is 8.78. The first kappa shape index (κ1) is 18.9. The fourth-order valence-electron chi connectivity index (χ4n) is 2.00. The Morgan fingerprint density at radius 2 is 1.74 bits per heavy atom. The lowest BCUT2D eigenvalue weighted by Crippen LogP contribution is -2.15. The number of carbonyl (C=O) groups excluding carboxylic acids is 2. The van der Waals surface area contributed by atoms with Gasteiger partial charge in [-0.15, -0.1) is 0 Å². The minimum absolute atomic E-state index is 0.0139. The molecular weight excluding hydrogens is 296 g/mol. The Kier molecular flexibility index (Phi) is 9.40. The van der Waals surface area contributed by atoms with Crippen LogP contribution in [0.2, 0.25) is 0 Å². The van der Waals surface area contributed by atoms with Crippen molar-refractivity contribution in [1.29, 1.82) is 0 Å². The Labute approximate surface area is 137 Å². The van der Waals surface area contributed by atoms with Crippen LogP contribution >= 0.6 is 0 Å². The van der Waals surface area contributed by atoms with Crippen LogP contribution in [0.15, 0.2) is 42.5 Å². The van der Waals surface area contributed by atoms with E-state index in [1.165, 1.54) is 14.2 Å². The number of esters is 2. The Balaban J connectivity index is 2.41. The van der Waals surface area contributed by atoms with Crippen molar-refractivity contribution in [2.45, 2.75) is 25.9 Å². The van der Waals surface area contributed by atoms with Crippen molar-refractivity contribution in [1.82, 2.24) is 0 Å². The van der Waals surface area contributed by atoms with E-state index in [0.29, 0.717) is 19.6 Å². The summed E-state index contributed by atoms with van der Waals surface area (Å²) in [5.74, 6) is -0.536. The average Bonchev–Trinajstić information content (AvgIpc) is 2.58.